The number of hydrogen-bond donors (Lipinski definition) is 3. The average Bonchev–Trinajstić information content (AvgIpc) is 3.34. The van der Waals surface area contributed by atoms with Crippen molar-refractivity contribution in [1.82, 2.24) is 5.32 Å². The fourth-order valence-corrected chi connectivity index (χ4v) is 4.75. The highest BCUT2D eigenvalue weighted by Gasteiger charge is 2.48. The van der Waals surface area contributed by atoms with Crippen molar-refractivity contribution in [2.45, 2.75) is 70.2 Å². The Hall–Kier alpha value is -2.82. The largest absolute Gasteiger partial charge is 0.489 e. The van der Waals surface area contributed by atoms with Gasteiger partial charge >= 0.3 is 5.97 Å². The second kappa shape index (κ2) is 12.0. The van der Waals surface area contributed by atoms with E-state index in [9.17, 15) is 19.8 Å². The molecule has 0 bridgehead atoms. The first-order valence-electron chi connectivity index (χ1n) is 11.9. The van der Waals surface area contributed by atoms with Gasteiger partial charge in [0.25, 0.3) is 0 Å². The molecule has 0 unspecified atom stereocenters. The Morgan fingerprint density at radius 3 is 2.91 bits per heavy atom. The standard InChI is InChI=1S/C27H35NO6/c1-4-5-8-17(2)21(29)14-13-19-22(30)15-23-26(19)20-11-6-9-18(27(20)34-23)10-7-12-24(31)28-16-25(32)33-3/h6,9,11,13-14,17,19,21-23,26,29-30H,7-8,10,12,15-16H2,1-3H3,(H,28,31)/b14-13+/t17-,19-,21+,22+,23-,26-/m0/s1. The molecular weight excluding hydrogens is 434 g/mol. The van der Waals surface area contributed by atoms with E-state index in [2.05, 4.69) is 21.9 Å². The third kappa shape index (κ3) is 6.19. The molecule has 0 aromatic heterocycles. The second-order valence-corrected chi connectivity index (χ2v) is 9.09. The molecule has 7 nitrogen and oxygen atoms in total. The number of esters is 1. The van der Waals surface area contributed by atoms with Gasteiger partial charge in [-0.25, -0.2) is 0 Å². The predicted molar refractivity (Wildman–Crippen MR) is 128 cm³/mol. The molecule has 0 spiro atoms. The van der Waals surface area contributed by atoms with Crippen molar-refractivity contribution in [3.05, 3.63) is 41.5 Å². The maximum absolute atomic E-state index is 11.9. The first-order valence-corrected chi connectivity index (χ1v) is 11.9. The van der Waals surface area contributed by atoms with Crippen molar-refractivity contribution >= 4 is 11.9 Å². The van der Waals surface area contributed by atoms with Crippen molar-refractivity contribution in [3.63, 3.8) is 0 Å². The number of carbonyl (C=O) groups excluding carboxylic acids is 2. The minimum absolute atomic E-state index is 0.0154. The summed E-state index contributed by atoms with van der Waals surface area (Å²) >= 11 is 0. The zero-order chi connectivity index (χ0) is 24.7. The number of nitrogens with one attached hydrogen (secondary N) is 1. The van der Waals surface area contributed by atoms with Crippen LogP contribution in [0.2, 0.25) is 0 Å². The van der Waals surface area contributed by atoms with Gasteiger partial charge in [0.1, 0.15) is 18.4 Å². The van der Waals surface area contributed by atoms with Crippen LogP contribution in [0.4, 0.5) is 0 Å². The van der Waals surface area contributed by atoms with E-state index in [0.29, 0.717) is 32.1 Å². The van der Waals surface area contributed by atoms with E-state index < -0.39 is 18.2 Å². The van der Waals surface area contributed by atoms with Crippen molar-refractivity contribution in [1.29, 1.82) is 0 Å². The van der Waals surface area contributed by atoms with Crippen LogP contribution in [0.1, 0.15) is 56.6 Å². The zero-order valence-electron chi connectivity index (χ0n) is 20.1. The van der Waals surface area contributed by atoms with Crippen LogP contribution >= 0.6 is 0 Å². The Morgan fingerprint density at radius 1 is 1.38 bits per heavy atom. The van der Waals surface area contributed by atoms with Crippen molar-refractivity contribution < 1.29 is 29.3 Å². The lowest BCUT2D eigenvalue weighted by atomic mass is 9.86. The number of ether oxygens (including phenoxy) is 2. The molecule has 1 aliphatic carbocycles. The molecule has 1 saturated carbocycles. The van der Waals surface area contributed by atoms with Crippen LogP contribution in [0.5, 0.6) is 5.75 Å². The molecule has 1 aromatic rings. The summed E-state index contributed by atoms with van der Waals surface area (Å²) in [6, 6.07) is 6.04. The van der Waals surface area contributed by atoms with E-state index in [4.69, 9.17) is 4.74 Å². The molecule has 3 rings (SSSR count). The Kier molecular flexibility index (Phi) is 9.14. The summed E-state index contributed by atoms with van der Waals surface area (Å²) in [5.74, 6) is 5.95. The summed E-state index contributed by atoms with van der Waals surface area (Å²) in [4.78, 5) is 23.1. The molecule has 0 saturated heterocycles. The van der Waals surface area contributed by atoms with Gasteiger partial charge < -0.3 is 25.0 Å². The van der Waals surface area contributed by atoms with Crippen LogP contribution in [0, 0.1) is 23.7 Å². The number of hydrogen-bond acceptors (Lipinski definition) is 6. The number of rotatable bonds is 10. The van der Waals surface area contributed by atoms with Crippen LogP contribution in [0.15, 0.2) is 30.4 Å². The number of para-hydroxylation sites is 1. The number of fused-ring (bicyclic) bond motifs is 3. The topological polar surface area (TPSA) is 105 Å². The van der Waals surface area contributed by atoms with Crippen molar-refractivity contribution in [3.8, 4) is 17.6 Å². The zero-order valence-corrected chi connectivity index (χ0v) is 20.1. The molecule has 7 heteroatoms. The first-order chi connectivity index (χ1) is 16.3. The highest BCUT2D eigenvalue weighted by Crippen LogP contribution is 2.52. The Balaban J connectivity index is 1.63. The molecule has 0 radical (unpaired) electrons. The van der Waals surface area contributed by atoms with Gasteiger partial charge in [-0.2, -0.15) is 0 Å². The van der Waals surface area contributed by atoms with Gasteiger partial charge in [-0.3, -0.25) is 9.59 Å². The summed E-state index contributed by atoms with van der Waals surface area (Å²) in [6.07, 6.45) is 5.23. The third-order valence-electron chi connectivity index (χ3n) is 6.71. The summed E-state index contributed by atoms with van der Waals surface area (Å²) in [7, 11) is 1.28. The molecule has 6 atom stereocenters. The summed E-state index contributed by atoms with van der Waals surface area (Å²) in [6.45, 7) is 3.62. The van der Waals surface area contributed by atoms with Crippen LogP contribution < -0.4 is 10.1 Å². The van der Waals surface area contributed by atoms with Crippen LogP contribution in [0.3, 0.4) is 0 Å². The van der Waals surface area contributed by atoms with Gasteiger partial charge in [0.05, 0.1) is 19.3 Å². The molecule has 1 aromatic carbocycles. The van der Waals surface area contributed by atoms with Gasteiger partial charge in [-0.15, -0.1) is 11.8 Å². The molecule has 2 aliphatic rings. The number of aliphatic hydroxyl groups excluding tert-OH is 2. The fourth-order valence-electron chi connectivity index (χ4n) is 4.75. The number of aliphatic hydroxyl groups is 2. The number of aryl methyl sites for hydroxylation is 1. The molecule has 34 heavy (non-hydrogen) atoms. The van der Waals surface area contributed by atoms with E-state index >= 15 is 0 Å². The van der Waals surface area contributed by atoms with Crippen molar-refractivity contribution in [2.75, 3.05) is 13.7 Å². The van der Waals surface area contributed by atoms with Crippen LogP contribution in [-0.4, -0.2) is 54.1 Å². The molecule has 1 heterocycles. The maximum Gasteiger partial charge on any atom is 0.325 e. The minimum atomic E-state index is -0.620. The number of benzene rings is 1. The molecular formula is C27H35NO6. The molecule has 1 fully saturated rings. The third-order valence-corrected chi connectivity index (χ3v) is 6.71. The van der Waals surface area contributed by atoms with Gasteiger partial charge in [-0.05, 0) is 31.2 Å². The monoisotopic (exact) mass is 469 g/mol. The Morgan fingerprint density at radius 2 is 2.18 bits per heavy atom. The highest BCUT2D eigenvalue weighted by atomic mass is 16.5. The van der Waals surface area contributed by atoms with E-state index in [1.807, 2.05) is 31.2 Å². The van der Waals surface area contributed by atoms with Crippen LogP contribution in [-0.2, 0) is 20.7 Å². The second-order valence-electron chi connectivity index (χ2n) is 9.09. The Labute approximate surface area is 201 Å². The smallest absolute Gasteiger partial charge is 0.325 e. The minimum Gasteiger partial charge on any atom is -0.489 e. The number of carbonyl (C=O) groups is 2. The number of amides is 1. The molecule has 3 N–H and O–H groups in total. The average molecular weight is 470 g/mol. The molecule has 1 aliphatic heterocycles. The van der Waals surface area contributed by atoms with Gasteiger partial charge in [0.2, 0.25) is 5.91 Å². The summed E-state index contributed by atoms with van der Waals surface area (Å²) in [5.41, 5.74) is 2.11. The van der Waals surface area contributed by atoms with Gasteiger partial charge in [0.15, 0.2) is 0 Å². The predicted octanol–water partition coefficient (Wildman–Crippen LogP) is 2.49. The van der Waals surface area contributed by atoms with E-state index in [1.165, 1.54) is 7.11 Å². The lowest BCUT2D eigenvalue weighted by Gasteiger charge is -2.19. The van der Waals surface area contributed by atoms with Gasteiger partial charge in [-0.1, -0.05) is 37.3 Å². The first kappa shape index (κ1) is 25.8. The highest BCUT2D eigenvalue weighted by molar-refractivity contribution is 5.81. The van der Waals surface area contributed by atoms with Gasteiger partial charge in [0, 0.05) is 36.7 Å². The molecule has 184 valence electrons. The quantitative estimate of drug-likeness (QED) is 0.276. The van der Waals surface area contributed by atoms with Crippen molar-refractivity contribution in [2.24, 2.45) is 11.8 Å². The Bertz CT molecular complexity index is 962. The summed E-state index contributed by atoms with van der Waals surface area (Å²) in [5, 5.41) is 23.7. The number of methoxy groups -OCH3 is 1. The summed E-state index contributed by atoms with van der Waals surface area (Å²) < 4.78 is 10.8. The SMILES string of the molecule is CC#CC[C@H](C)[C@H](O)/C=C/[C@@H]1[C@H]2c3cccc(CCCC(=O)NCC(=O)OC)c3O[C@H]2C[C@H]1O. The lowest BCUT2D eigenvalue weighted by Crippen LogP contribution is -2.29. The normalized spacial score (nSPS) is 24.4. The van der Waals surface area contributed by atoms with Crippen LogP contribution in [0.25, 0.3) is 0 Å². The fraction of sp³-hybridized carbons (Fsp3) is 0.556. The van der Waals surface area contributed by atoms with E-state index in [1.54, 1.807) is 13.0 Å². The lowest BCUT2D eigenvalue weighted by molar-refractivity contribution is -0.141. The van der Waals surface area contributed by atoms with E-state index in [-0.39, 0.29) is 36.3 Å². The van der Waals surface area contributed by atoms with E-state index in [0.717, 1.165) is 16.9 Å². The maximum atomic E-state index is 11.9. The molecule has 1 amide bonds.